The van der Waals surface area contributed by atoms with Gasteiger partial charge in [0, 0.05) is 18.2 Å². The molecule has 0 radical (unpaired) electrons. The minimum atomic E-state index is -1.73. The molecule has 2 aliphatic rings. The lowest BCUT2D eigenvalue weighted by Gasteiger charge is -2.40. The van der Waals surface area contributed by atoms with Crippen molar-refractivity contribution in [2.75, 3.05) is 6.61 Å². The normalized spacial score (nSPS) is 25.5. The Morgan fingerprint density at radius 1 is 0.905 bits per heavy atom. The molecule has 220 valence electrons. The number of hydrogen-bond donors (Lipinski definition) is 6. The van der Waals surface area contributed by atoms with E-state index in [1.807, 2.05) is 0 Å². The number of aliphatic hydroxyl groups excluding tert-OH is 3. The van der Waals surface area contributed by atoms with E-state index in [1.165, 1.54) is 36.4 Å². The van der Waals surface area contributed by atoms with Gasteiger partial charge in [0.1, 0.15) is 71.4 Å². The second-order valence-corrected chi connectivity index (χ2v) is 9.83. The van der Waals surface area contributed by atoms with Crippen molar-refractivity contribution >= 4 is 17.8 Å². The van der Waals surface area contributed by atoms with Crippen LogP contribution in [0, 0.1) is 0 Å². The zero-order valence-electron chi connectivity index (χ0n) is 21.9. The summed E-state index contributed by atoms with van der Waals surface area (Å²) < 4.78 is 22.3. The highest BCUT2D eigenvalue weighted by atomic mass is 16.7. The van der Waals surface area contributed by atoms with Gasteiger partial charge in [0.05, 0.1) is 6.42 Å². The van der Waals surface area contributed by atoms with Gasteiger partial charge in [-0.1, -0.05) is 24.3 Å². The number of fused-ring (bicyclic) bond motifs is 1. The number of carbonyl (C=O) groups excluding carboxylic acids is 2. The molecular formula is C30H28O12. The zero-order valence-corrected chi connectivity index (χ0v) is 21.9. The van der Waals surface area contributed by atoms with Crippen molar-refractivity contribution in [1.29, 1.82) is 0 Å². The van der Waals surface area contributed by atoms with Crippen LogP contribution in [-0.2, 0) is 14.3 Å². The van der Waals surface area contributed by atoms with Crippen molar-refractivity contribution in [1.82, 2.24) is 0 Å². The highest BCUT2D eigenvalue weighted by Crippen LogP contribution is 2.42. The van der Waals surface area contributed by atoms with Gasteiger partial charge in [-0.2, -0.15) is 0 Å². The largest absolute Gasteiger partial charge is 0.508 e. The Bertz CT molecular complexity index is 1470. The molecular weight excluding hydrogens is 552 g/mol. The van der Waals surface area contributed by atoms with Crippen molar-refractivity contribution in [2.45, 2.75) is 43.2 Å². The molecule has 42 heavy (non-hydrogen) atoms. The molecule has 6 atom stereocenters. The fraction of sp³-hybridized carbons (Fsp3) is 0.267. The maximum atomic E-state index is 12.8. The summed E-state index contributed by atoms with van der Waals surface area (Å²) in [5.74, 6) is -1.55. The number of esters is 1. The van der Waals surface area contributed by atoms with Crippen molar-refractivity contribution in [3.8, 4) is 28.7 Å². The Balaban J connectivity index is 1.26. The van der Waals surface area contributed by atoms with Crippen molar-refractivity contribution in [3.05, 3.63) is 83.4 Å². The smallest absolute Gasteiger partial charge is 0.330 e. The predicted molar refractivity (Wildman–Crippen MR) is 144 cm³/mol. The van der Waals surface area contributed by atoms with Gasteiger partial charge in [0.15, 0.2) is 5.78 Å². The minimum Gasteiger partial charge on any atom is -0.508 e. The molecule has 5 unspecified atom stereocenters. The van der Waals surface area contributed by atoms with E-state index in [0.717, 1.165) is 12.1 Å². The van der Waals surface area contributed by atoms with Gasteiger partial charge in [-0.3, -0.25) is 4.79 Å². The third-order valence-corrected chi connectivity index (χ3v) is 6.85. The Morgan fingerprint density at radius 3 is 2.26 bits per heavy atom. The van der Waals surface area contributed by atoms with Crippen molar-refractivity contribution in [2.24, 2.45) is 0 Å². The molecule has 1 fully saturated rings. The van der Waals surface area contributed by atoms with E-state index in [4.69, 9.17) is 18.9 Å². The maximum absolute atomic E-state index is 12.8. The topological polar surface area (TPSA) is 192 Å². The summed E-state index contributed by atoms with van der Waals surface area (Å²) in [6.45, 7) is -0.495. The van der Waals surface area contributed by atoms with Gasteiger partial charge < -0.3 is 49.6 Å². The molecule has 0 saturated carbocycles. The number of hydrogen-bond acceptors (Lipinski definition) is 12. The van der Waals surface area contributed by atoms with Crippen molar-refractivity contribution in [3.63, 3.8) is 0 Å². The number of aliphatic hydroxyl groups is 3. The minimum absolute atomic E-state index is 0.0103. The van der Waals surface area contributed by atoms with Crippen LogP contribution in [0.2, 0.25) is 0 Å². The molecule has 2 aliphatic heterocycles. The van der Waals surface area contributed by atoms with Gasteiger partial charge in [-0.15, -0.1) is 0 Å². The average Bonchev–Trinajstić information content (AvgIpc) is 2.96. The highest BCUT2D eigenvalue weighted by molar-refractivity contribution is 6.02. The zero-order chi connectivity index (χ0) is 30.0. The van der Waals surface area contributed by atoms with Crippen LogP contribution in [0.3, 0.4) is 0 Å². The molecule has 12 nitrogen and oxygen atoms in total. The Morgan fingerprint density at radius 2 is 1.57 bits per heavy atom. The number of phenolic OH excluding ortho intramolecular Hbond substituents is 3. The standard InChI is InChI=1S/C30H28O12/c31-17-6-1-15(2-7-17)3-10-25(35)39-14-24-27(36)28(37)29(38)30(42-24)40-19-11-20(33)26-21(34)13-22(41-23(26)12-19)16-4-8-18(32)9-5-16/h1-12,22,24,27-33,36-38H,13-14H2/b10-3+/t22-,24?,27?,28?,29?,30?/m1/s1. The summed E-state index contributed by atoms with van der Waals surface area (Å²) in [6, 6.07) is 14.6. The van der Waals surface area contributed by atoms with Crippen LogP contribution in [0.4, 0.5) is 0 Å². The molecule has 0 bridgehead atoms. The lowest BCUT2D eigenvalue weighted by molar-refractivity contribution is -0.278. The van der Waals surface area contributed by atoms with Crippen LogP contribution >= 0.6 is 0 Å². The van der Waals surface area contributed by atoms with Crippen molar-refractivity contribution < 1.29 is 59.2 Å². The number of rotatable bonds is 7. The van der Waals surface area contributed by atoms with Gasteiger partial charge >= 0.3 is 5.97 Å². The quantitative estimate of drug-likeness (QED) is 0.176. The molecule has 6 N–H and O–H groups in total. The first kappa shape index (κ1) is 28.9. The molecule has 12 heteroatoms. The van der Waals surface area contributed by atoms with E-state index in [2.05, 4.69) is 0 Å². The first-order valence-corrected chi connectivity index (χ1v) is 12.9. The van der Waals surface area contributed by atoms with Crippen LogP contribution in [0.5, 0.6) is 28.7 Å². The third-order valence-electron chi connectivity index (χ3n) is 6.85. The summed E-state index contributed by atoms with van der Waals surface area (Å²) in [7, 11) is 0. The molecule has 0 aromatic heterocycles. The summed E-state index contributed by atoms with van der Waals surface area (Å²) in [4.78, 5) is 25.0. The van der Waals surface area contributed by atoms with E-state index in [1.54, 1.807) is 24.3 Å². The van der Waals surface area contributed by atoms with Crippen LogP contribution in [0.15, 0.2) is 66.7 Å². The third kappa shape index (κ3) is 6.31. The average molecular weight is 581 g/mol. The number of Topliss-reactive ketones (excluding diaryl/α,β-unsaturated/α-hetero) is 1. The number of phenols is 3. The Labute approximate surface area is 239 Å². The maximum Gasteiger partial charge on any atom is 0.330 e. The first-order valence-electron chi connectivity index (χ1n) is 12.9. The first-order chi connectivity index (χ1) is 20.1. The van der Waals surface area contributed by atoms with E-state index in [-0.39, 0.29) is 40.8 Å². The number of aromatic hydroxyl groups is 3. The molecule has 0 amide bonds. The SMILES string of the molecule is O=C(/C=C/c1ccc(O)cc1)OCC1OC(Oc2cc(O)c3c(c2)O[C@@H](c2ccc(O)cc2)CC3=O)C(O)C(O)C1O. The monoisotopic (exact) mass is 580 g/mol. The number of ketones is 1. The lowest BCUT2D eigenvalue weighted by Crippen LogP contribution is -2.60. The van der Waals surface area contributed by atoms with E-state index in [9.17, 15) is 40.2 Å². The number of benzene rings is 3. The van der Waals surface area contributed by atoms with Crippen LogP contribution in [-0.4, -0.2) is 79.7 Å². The Hall–Kier alpha value is -4.62. The van der Waals surface area contributed by atoms with Crippen LogP contribution in [0.25, 0.3) is 6.08 Å². The molecule has 0 aliphatic carbocycles. The van der Waals surface area contributed by atoms with Gasteiger partial charge in [-0.25, -0.2) is 4.79 Å². The second-order valence-electron chi connectivity index (χ2n) is 9.83. The molecule has 1 saturated heterocycles. The predicted octanol–water partition coefficient (Wildman–Crippen LogP) is 1.95. The molecule has 0 spiro atoms. The van der Waals surface area contributed by atoms with E-state index < -0.39 is 55.1 Å². The highest BCUT2D eigenvalue weighted by Gasteiger charge is 2.45. The summed E-state index contributed by atoms with van der Waals surface area (Å²) in [6.07, 6.45) is -6.12. The lowest BCUT2D eigenvalue weighted by atomic mass is 9.95. The van der Waals surface area contributed by atoms with Crippen LogP contribution in [0.1, 0.15) is 34.0 Å². The fourth-order valence-corrected chi connectivity index (χ4v) is 4.61. The molecule has 3 aromatic rings. The summed E-state index contributed by atoms with van der Waals surface area (Å²) >= 11 is 0. The van der Waals surface area contributed by atoms with E-state index in [0.29, 0.717) is 11.1 Å². The fourth-order valence-electron chi connectivity index (χ4n) is 4.61. The summed E-state index contributed by atoms with van der Waals surface area (Å²) in [5.41, 5.74) is 1.19. The van der Waals surface area contributed by atoms with Gasteiger partial charge in [-0.05, 0) is 41.5 Å². The number of ether oxygens (including phenoxy) is 4. The molecule has 2 heterocycles. The Kier molecular flexibility index (Phi) is 8.31. The van der Waals surface area contributed by atoms with Crippen LogP contribution < -0.4 is 9.47 Å². The second kappa shape index (κ2) is 12.1. The van der Waals surface area contributed by atoms with Gasteiger partial charge in [0.25, 0.3) is 0 Å². The summed E-state index contributed by atoms with van der Waals surface area (Å²) in [5, 5.41) is 60.7. The number of carbonyl (C=O) groups is 2. The van der Waals surface area contributed by atoms with Gasteiger partial charge in [0.2, 0.25) is 6.29 Å². The van der Waals surface area contributed by atoms with E-state index >= 15 is 0 Å². The molecule has 5 rings (SSSR count). The molecule has 3 aromatic carbocycles.